The summed E-state index contributed by atoms with van der Waals surface area (Å²) in [5.41, 5.74) is 1.26. The molecule has 0 saturated carbocycles. The standard InChI is InChI=1S/C21H34O2/c22-18-14-9-7-5-3-1-2-4-6-8-10-15-19-23-20-21-16-12-11-13-17-21/h11-13,16-18H,1-10,14-15,19-20H2. The van der Waals surface area contributed by atoms with Gasteiger partial charge in [-0.15, -0.1) is 0 Å². The Morgan fingerprint density at radius 2 is 1.22 bits per heavy atom. The van der Waals surface area contributed by atoms with E-state index >= 15 is 0 Å². The van der Waals surface area contributed by atoms with E-state index in [0.717, 1.165) is 32.3 Å². The molecule has 0 fully saturated rings. The van der Waals surface area contributed by atoms with E-state index in [0.29, 0.717) is 0 Å². The van der Waals surface area contributed by atoms with Crippen molar-refractivity contribution < 1.29 is 9.53 Å². The predicted molar refractivity (Wildman–Crippen MR) is 97.6 cm³/mol. The minimum Gasteiger partial charge on any atom is -0.377 e. The van der Waals surface area contributed by atoms with Gasteiger partial charge in [0.15, 0.2) is 0 Å². The lowest BCUT2D eigenvalue weighted by atomic mass is 10.1. The van der Waals surface area contributed by atoms with Crippen LogP contribution in [-0.4, -0.2) is 12.9 Å². The van der Waals surface area contributed by atoms with Crippen molar-refractivity contribution in [1.82, 2.24) is 0 Å². The first-order valence-electron chi connectivity index (χ1n) is 9.49. The lowest BCUT2D eigenvalue weighted by Crippen LogP contribution is -1.95. The number of rotatable bonds is 16. The number of unbranched alkanes of at least 4 members (excludes halogenated alkanes) is 11. The molecule has 0 radical (unpaired) electrons. The highest BCUT2D eigenvalue weighted by Crippen LogP contribution is 2.12. The molecule has 0 saturated heterocycles. The Hall–Kier alpha value is -1.15. The largest absolute Gasteiger partial charge is 0.377 e. The third-order valence-corrected chi connectivity index (χ3v) is 4.22. The molecule has 0 N–H and O–H groups in total. The van der Waals surface area contributed by atoms with Crippen molar-refractivity contribution in [3.05, 3.63) is 35.9 Å². The number of hydrogen-bond acceptors (Lipinski definition) is 2. The first-order valence-corrected chi connectivity index (χ1v) is 9.49. The highest BCUT2D eigenvalue weighted by atomic mass is 16.5. The third kappa shape index (κ3) is 13.0. The van der Waals surface area contributed by atoms with Crippen LogP contribution in [0.4, 0.5) is 0 Å². The van der Waals surface area contributed by atoms with Crippen LogP contribution in [0.5, 0.6) is 0 Å². The van der Waals surface area contributed by atoms with Crippen molar-refractivity contribution in [3.8, 4) is 0 Å². The van der Waals surface area contributed by atoms with Crippen LogP contribution in [0.2, 0.25) is 0 Å². The van der Waals surface area contributed by atoms with Crippen LogP contribution in [0.25, 0.3) is 0 Å². The van der Waals surface area contributed by atoms with Crippen molar-refractivity contribution in [2.75, 3.05) is 6.61 Å². The van der Waals surface area contributed by atoms with Gasteiger partial charge in [0.2, 0.25) is 0 Å². The number of aldehydes is 1. The minimum absolute atomic E-state index is 0.744. The highest BCUT2D eigenvalue weighted by molar-refractivity contribution is 5.48. The van der Waals surface area contributed by atoms with Gasteiger partial charge in [-0.05, 0) is 18.4 Å². The first kappa shape index (κ1) is 19.9. The molecule has 1 rings (SSSR count). The Morgan fingerprint density at radius 1 is 0.696 bits per heavy atom. The number of carbonyl (C=O) groups excluding carboxylic acids is 1. The zero-order valence-electron chi connectivity index (χ0n) is 14.7. The first-order chi connectivity index (χ1) is 11.4. The van der Waals surface area contributed by atoms with Gasteiger partial charge in [0.05, 0.1) is 6.61 Å². The maximum absolute atomic E-state index is 10.2. The summed E-state index contributed by atoms with van der Waals surface area (Å²) in [7, 11) is 0. The smallest absolute Gasteiger partial charge is 0.119 e. The van der Waals surface area contributed by atoms with Gasteiger partial charge in [-0.2, -0.15) is 0 Å². The van der Waals surface area contributed by atoms with Gasteiger partial charge in [0, 0.05) is 13.0 Å². The number of carbonyl (C=O) groups is 1. The van der Waals surface area contributed by atoms with Gasteiger partial charge in [0.25, 0.3) is 0 Å². The van der Waals surface area contributed by atoms with Crippen LogP contribution < -0.4 is 0 Å². The molecule has 0 aliphatic rings. The maximum Gasteiger partial charge on any atom is 0.119 e. The summed E-state index contributed by atoms with van der Waals surface area (Å²) in [6.07, 6.45) is 16.0. The fourth-order valence-electron chi connectivity index (χ4n) is 2.79. The fourth-order valence-corrected chi connectivity index (χ4v) is 2.79. The van der Waals surface area contributed by atoms with Gasteiger partial charge in [0.1, 0.15) is 6.29 Å². The number of ether oxygens (including phenoxy) is 1. The van der Waals surface area contributed by atoms with Crippen LogP contribution in [0.1, 0.15) is 82.6 Å². The molecule has 0 atom stereocenters. The molecule has 0 amide bonds. The minimum atomic E-state index is 0.744. The molecule has 0 bridgehead atoms. The van der Waals surface area contributed by atoms with E-state index in [1.807, 2.05) is 6.07 Å². The summed E-state index contributed by atoms with van der Waals surface area (Å²) in [5.74, 6) is 0. The molecular weight excluding hydrogens is 284 g/mol. The van der Waals surface area contributed by atoms with E-state index in [1.165, 1.54) is 69.8 Å². The molecule has 23 heavy (non-hydrogen) atoms. The van der Waals surface area contributed by atoms with Crippen molar-refractivity contribution in [2.45, 2.75) is 83.7 Å². The summed E-state index contributed by atoms with van der Waals surface area (Å²) in [6, 6.07) is 10.4. The van der Waals surface area contributed by atoms with E-state index in [9.17, 15) is 4.79 Å². The average molecular weight is 319 g/mol. The van der Waals surface area contributed by atoms with Crippen LogP contribution in [0.3, 0.4) is 0 Å². The summed E-state index contributed by atoms with van der Waals surface area (Å²) in [5, 5.41) is 0. The van der Waals surface area contributed by atoms with E-state index in [-0.39, 0.29) is 0 Å². The Bertz CT molecular complexity index is 361. The molecule has 1 aromatic rings. The Kier molecular flexibility index (Phi) is 13.6. The van der Waals surface area contributed by atoms with Crippen molar-refractivity contribution in [2.24, 2.45) is 0 Å². The quantitative estimate of drug-likeness (QED) is 0.272. The zero-order chi connectivity index (χ0) is 16.4. The molecule has 0 aromatic heterocycles. The Morgan fingerprint density at radius 3 is 1.78 bits per heavy atom. The fraction of sp³-hybridized carbons (Fsp3) is 0.667. The second-order valence-electron chi connectivity index (χ2n) is 6.38. The molecule has 0 unspecified atom stereocenters. The Labute approximate surface area is 142 Å². The van der Waals surface area contributed by atoms with E-state index in [2.05, 4.69) is 24.3 Å². The topological polar surface area (TPSA) is 26.3 Å². The Balaban J connectivity index is 1.72. The summed E-state index contributed by atoms with van der Waals surface area (Å²) < 4.78 is 5.70. The average Bonchev–Trinajstić information content (AvgIpc) is 2.59. The van der Waals surface area contributed by atoms with Crippen molar-refractivity contribution >= 4 is 6.29 Å². The number of benzene rings is 1. The SMILES string of the molecule is O=CCCCCCCCCCCCCCOCc1ccccc1. The van der Waals surface area contributed by atoms with E-state index < -0.39 is 0 Å². The van der Waals surface area contributed by atoms with Gasteiger partial charge in [-0.1, -0.05) is 88.1 Å². The van der Waals surface area contributed by atoms with Crippen LogP contribution in [-0.2, 0) is 16.1 Å². The van der Waals surface area contributed by atoms with Crippen molar-refractivity contribution in [3.63, 3.8) is 0 Å². The molecule has 2 nitrogen and oxygen atoms in total. The van der Waals surface area contributed by atoms with Gasteiger partial charge < -0.3 is 9.53 Å². The molecule has 1 aromatic carbocycles. The second-order valence-corrected chi connectivity index (χ2v) is 6.38. The second kappa shape index (κ2) is 15.7. The summed E-state index contributed by atoms with van der Waals surface area (Å²) in [6.45, 7) is 1.63. The van der Waals surface area contributed by atoms with Crippen LogP contribution in [0, 0.1) is 0 Å². The number of hydrogen-bond donors (Lipinski definition) is 0. The maximum atomic E-state index is 10.2. The van der Waals surface area contributed by atoms with Crippen LogP contribution >= 0.6 is 0 Å². The van der Waals surface area contributed by atoms with E-state index in [1.54, 1.807) is 0 Å². The highest BCUT2D eigenvalue weighted by Gasteiger charge is 1.95. The predicted octanol–water partition coefficient (Wildman–Crippen LogP) is 6.08. The lowest BCUT2D eigenvalue weighted by Gasteiger charge is -2.05. The lowest BCUT2D eigenvalue weighted by molar-refractivity contribution is -0.107. The molecule has 0 aliphatic carbocycles. The van der Waals surface area contributed by atoms with Crippen LogP contribution in [0.15, 0.2) is 30.3 Å². The summed E-state index contributed by atoms with van der Waals surface area (Å²) in [4.78, 5) is 10.2. The molecule has 0 heterocycles. The normalized spacial score (nSPS) is 10.8. The van der Waals surface area contributed by atoms with Gasteiger partial charge in [-0.3, -0.25) is 0 Å². The van der Waals surface area contributed by atoms with Gasteiger partial charge in [-0.25, -0.2) is 0 Å². The monoisotopic (exact) mass is 318 g/mol. The molecule has 0 aliphatic heterocycles. The third-order valence-electron chi connectivity index (χ3n) is 4.22. The van der Waals surface area contributed by atoms with Crippen molar-refractivity contribution in [1.29, 1.82) is 0 Å². The van der Waals surface area contributed by atoms with E-state index in [4.69, 9.17) is 4.74 Å². The van der Waals surface area contributed by atoms with Gasteiger partial charge >= 0.3 is 0 Å². The molecular formula is C21H34O2. The molecule has 130 valence electrons. The molecule has 2 heteroatoms. The molecule has 0 spiro atoms. The summed E-state index contributed by atoms with van der Waals surface area (Å²) >= 11 is 0. The zero-order valence-corrected chi connectivity index (χ0v) is 14.7.